The first-order valence-electron chi connectivity index (χ1n) is 25.8. The summed E-state index contributed by atoms with van der Waals surface area (Å²) in [6, 6.07) is -1.48. The number of esters is 1. The Balaban J connectivity index is 1.77. The number of Topliss-reactive ketones (excluding diaryl/α,β-unsaturated/α-hetero) is 3. The van der Waals surface area contributed by atoms with Crippen molar-refractivity contribution >= 4 is 29.2 Å². The number of cyclic esters (lactones) is 1. The predicted molar refractivity (Wildman–Crippen MR) is 267 cm³/mol. The van der Waals surface area contributed by atoms with Gasteiger partial charge in [0.15, 0.2) is 17.3 Å². The van der Waals surface area contributed by atoms with Gasteiger partial charge in [-0.2, -0.15) is 0 Å². The third-order valence-electron chi connectivity index (χ3n) is 15.5. The standard InChI is InChI=1S/C55H88N2O13/c1-33-19-15-14-16-20-34(2)45(65-10)31-41-24-22-39(7)55(64,56-41)51(61)52(62)57-26-18-17-21-42(57)53(63)69-46(36(4)29-40-23-25-43(58)47(30-40)66-11)32-44(59)35(3)28-38(6)49(70-54(8,9)68-13)50(67-12)48(60)37(5)27-33/h14-16,19-20,28,33,35-37,39-43,45-47,49-50,56,58,64H,17-18,21-27,29-32H2,1-13H3/b16-14-,19-15-,34-20-,38-28-/t33-,35-,36-,37-,39-,40+,41+,42+,43-,45+,46+,47-,49-,50+,55+/m1/s1. The molecule has 15 heteroatoms. The molecule has 15 atom stereocenters. The number of carbonyl (C=O) groups is 5. The highest BCUT2D eigenvalue weighted by Gasteiger charge is 2.52. The molecule has 3 N–H and O–H groups in total. The maximum atomic E-state index is 14.5. The number of piperidine rings is 2. The van der Waals surface area contributed by atoms with Crippen LogP contribution in [0, 0.1) is 35.5 Å². The van der Waals surface area contributed by atoms with Crippen LogP contribution in [0.1, 0.15) is 139 Å². The van der Waals surface area contributed by atoms with Crippen molar-refractivity contribution in [1.82, 2.24) is 10.2 Å². The number of ether oxygens (including phenoxy) is 6. The van der Waals surface area contributed by atoms with E-state index in [0.717, 1.165) is 12.0 Å². The van der Waals surface area contributed by atoms with Gasteiger partial charge in [-0.15, -0.1) is 0 Å². The van der Waals surface area contributed by atoms with Crippen molar-refractivity contribution in [3.63, 3.8) is 0 Å². The van der Waals surface area contributed by atoms with Gasteiger partial charge in [0.2, 0.25) is 0 Å². The van der Waals surface area contributed by atoms with E-state index >= 15 is 0 Å². The van der Waals surface area contributed by atoms with Crippen LogP contribution in [0.5, 0.6) is 0 Å². The third-order valence-corrected chi connectivity index (χ3v) is 15.5. The summed E-state index contributed by atoms with van der Waals surface area (Å²) in [6.07, 6.45) is 13.2. The number of rotatable bonds is 9. The number of hydrogen-bond donors (Lipinski definition) is 3. The van der Waals surface area contributed by atoms with Crippen LogP contribution in [0.4, 0.5) is 0 Å². The molecule has 3 fully saturated rings. The van der Waals surface area contributed by atoms with E-state index in [0.29, 0.717) is 63.4 Å². The molecular formula is C55H88N2O13. The fourth-order valence-corrected chi connectivity index (χ4v) is 10.8. The van der Waals surface area contributed by atoms with E-state index < -0.39 is 77.4 Å². The zero-order chi connectivity index (χ0) is 52.1. The zero-order valence-corrected chi connectivity index (χ0v) is 44.6. The van der Waals surface area contributed by atoms with Crippen molar-refractivity contribution < 1.29 is 62.6 Å². The number of nitrogens with zero attached hydrogens (tertiary/aromatic N) is 1. The van der Waals surface area contributed by atoms with Gasteiger partial charge in [-0.05, 0) is 127 Å². The molecule has 1 amide bonds. The lowest BCUT2D eigenvalue weighted by Crippen LogP contribution is -2.67. The lowest BCUT2D eigenvalue weighted by Gasteiger charge is -2.43. The second-order valence-corrected chi connectivity index (χ2v) is 21.5. The summed E-state index contributed by atoms with van der Waals surface area (Å²) < 4.78 is 35.9. The highest BCUT2D eigenvalue weighted by atomic mass is 16.7. The summed E-state index contributed by atoms with van der Waals surface area (Å²) in [5.41, 5.74) is -0.672. The van der Waals surface area contributed by atoms with Crippen LogP contribution in [0.15, 0.2) is 47.6 Å². The van der Waals surface area contributed by atoms with E-state index in [2.05, 4.69) is 5.32 Å². The summed E-state index contributed by atoms with van der Waals surface area (Å²) in [4.78, 5) is 73.3. The molecule has 15 nitrogen and oxygen atoms in total. The average molecular weight is 985 g/mol. The van der Waals surface area contributed by atoms with Gasteiger partial charge >= 0.3 is 5.97 Å². The Labute approximate surface area is 418 Å². The van der Waals surface area contributed by atoms with Gasteiger partial charge in [0.1, 0.15) is 30.1 Å². The Kier molecular flexibility index (Phi) is 22.9. The third kappa shape index (κ3) is 15.8. The molecular weight excluding hydrogens is 897 g/mol. The van der Waals surface area contributed by atoms with Crippen molar-refractivity contribution in [2.24, 2.45) is 35.5 Å². The van der Waals surface area contributed by atoms with E-state index in [9.17, 15) is 34.2 Å². The van der Waals surface area contributed by atoms with Gasteiger partial charge in [0, 0.05) is 65.2 Å². The largest absolute Gasteiger partial charge is 0.460 e. The summed E-state index contributed by atoms with van der Waals surface area (Å²) >= 11 is 0. The molecule has 2 saturated heterocycles. The van der Waals surface area contributed by atoms with Crippen LogP contribution in [-0.4, -0.2) is 140 Å². The Morgan fingerprint density at radius 1 is 0.857 bits per heavy atom. The first kappa shape index (κ1) is 59.2. The lowest BCUT2D eigenvalue weighted by molar-refractivity contribution is -0.232. The van der Waals surface area contributed by atoms with Crippen LogP contribution < -0.4 is 5.32 Å². The smallest absolute Gasteiger partial charge is 0.329 e. The van der Waals surface area contributed by atoms with Crippen LogP contribution in [0.2, 0.25) is 0 Å². The van der Waals surface area contributed by atoms with Gasteiger partial charge in [-0.1, -0.05) is 71.1 Å². The monoisotopic (exact) mass is 985 g/mol. The molecule has 4 aliphatic rings. The molecule has 0 aromatic rings. The maximum Gasteiger partial charge on any atom is 0.329 e. The van der Waals surface area contributed by atoms with E-state index in [4.69, 9.17) is 28.4 Å². The van der Waals surface area contributed by atoms with Crippen molar-refractivity contribution in [3.8, 4) is 0 Å². The number of allylic oxidation sites excluding steroid dienone is 6. The minimum absolute atomic E-state index is 0.0300. The maximum absolute atomic E-state index is 14.5. The molecule has 1 aliphatic carbocycles. The van der Waals surface area contributed by atoms with Crippen molar-refractivity contribution in [3.05, 3.63) is 47.6 Å². The number of methoxy groups -OCH3 is 4. The van der Waals surface area contributed by atoms with Crippen molar-refractivity contribution in [2.75, 3.05) is 35.0 Å². The highest BCUT2D eigenvalue weighted by Crippen LogP contribution is 2.36. The highest BCUT2D eigenvalue weighted by molar-refractivity contribution is 6.39. The Hall–Kier alpha value is -3.41. The number of ketones is 3. The predicted octanol–water partition coefficient (Wildman–Crippen LogP) is 7.16. The fourth-order valence-electron chi connectivity index (χ4n) is 10.8. The van der Waals surface area contributed by atoms with Gasteiger partial charge in [0.25, 0.3) is 11.7 Å². The number of aliphatic hydroxyl groups excluding tert-OH is 1. The summed E-state index contributed by atoms with van der Waals surface area (Å²) in [6.45, 7) is 16.7. The van der Waals surface area contributed by atoms with Gasteiger partial charge in [0.05, 0.1) is 18.3 Å². The number of aliphatic hydroxyl groups is 2. The van der Waals surface area contributed by atoms with E-state index in [1.807, 2.05) is 58.1 Å². The normalized spacial score (nSPS) is 38.6. The molecule has 2 bridgehead atoms. The Morgan fingerprint density at radius 3 is 2.23 bits per heavy atom. The summed E-state index contributed by atoms with van der Waals surface area (Å²) in [5, 5.41) is 25.8. The van der Waals surface area contributed by atoms with Crippen LogP contribution in [0.25, 0.3) is 0 Å². The van der Waals surface area contributed by atoms with E-state index in [-0.39, 0.29) is 67.0 Å². The van der Waals surface area contributed by atoms with Crippen LogP contribution in [-0.2, 0) is 52.4 Å². The number of hydrogen-bond acceptors (Lipinski definition) is 14. The van der Waals surface area contributed by atoms with Gasteiger partial charge in [-0.25, -0.2) is 4.79 Å². The molecule has 70 heavy (non-hydrogen) atoms. The van der Waals surface area contributed by atoms with Crippen LogP contribution >= 0.6 is 0 Å². The van der Waals surface area contributed by atoms with Gasteiger partial charge < -0.3 is 43.5 Å². The van der Waals surface area contributed by atoms with E-state index in [1.165, 1.54) is 19.1 Å². The Morgan fingerprint density at radius 2 is 1.57 bits per heavy atom. The molecule has 1 saturated carbocycles. The molecule has 0 spiro atoms. The molecule has 0 aromatic heterocycles. The number of amides is 1. The molecule has 0 radical (unpaired) electrons. The number of carbonyl (C=O) groups excluding carboxylic acids is 5. The molecule has 0 unspecified atom stereocenters. The Bertz CT molecular complexity index is 1890. The first-order valence-corrected chi connectivity index (χ1v) is 25.8. The molecule has 4 rings (SSSR count). The SMILES string of the molecule is CO[C@H]1C[C@@H]2CC[C@@H](C)[C@@](O)(N2)C(=O)C(=O)N2CCCC[C@H]2C(=O)O[C@H]([C@H](C)C[C@@H]2CC[C@@H](O)[C@H](OC)C2)CC(=O)[C@H](C)/C=C(/C)[C@@H](OC(C)(C)OC)[C@@H](OC)C(=O)[C@H](C)C[C@H](C)\C=C/C=C\C=C/1C. The fraction of sp³-hybridized carbons (Fsp3) is 0.764. The lowest BCUT2D eigenvalue weighted by atomic mass is 9.78. The zero-order valence-electron chi connectivity index (χ0n) is 44.6. The van der Waals surface area contributed by atoms with Crippen LogP contribution in [0.3, 0.4) is 0 Å². The number of fused-ring (bicyclic) bond motifs is 3. The van der Waals surface area contributed by atoms with Crippen molar-refractivity contribution in [2.45, 2.75) is 200 Å². The molecule has 3 aliphatic heterocycles. The molecule has 0 aromatic carbocycles. The quantitative estimate of drug-likeness (QED) is 0.0911. The minimum Gasteiger partial charge on any atom is -0.460 e. The van der Waals surface area contributed by atoms with Crippen molar-refractivity contribution in [1.29, 1.82) is 0 Å². The molecule has 396 valence electrons. The topological polar surface area (TPSA) is 196 Å². The molecule has 3 heterocycles. The number of nitrogens with one attached hydrogen (secondary N) is 1. The average Bonchev–Trinajstić information content (AvgIpc) is 3.33. The first-order chi connectivity index (χ1) is 33.0. The second-order valence-electron chi connectivity index (χ2n) is 21.5. The second kappa shape index (κ2) is 27.0. The minimum atomic E-state index is -2.18. The summed E-state index contributed by atoms with van der Waals surface area (Å²) in [7, 11) is 6.18. The van der Waals surface area contributed by atoms with Gasteiger partial charge in [-0.3, -0.25) is 24.5 Å². The van der Waals surface area contributed by atoms with E-state index in [1.54, 1.807) is 54.9 Å². The summed E-state index contributed by atoms with van der Waals surface area (Å²) in [5.74, 6) is -6.12.